The summed E-state index contributed by atoms with van der Waals surface area (Å²) in [5, 5.41) is 10.4. The van der Waals surface area contributed by atoms with Gasteiger partial charge in [0, 0.05) is 32.8 Å². The Labute approximate surface area is 235 Å². The molecular formula is C31H27BrFN3OS. The molecule has 3 aromatic carbocycles. The normalized spacial score (nSPS) is 17.5. The molecule has 5 rings (SSSR count). The Bertz CT molecular complexity index is 1540. The van der Waals surface area contributed by atoms with Crippen molar-refractivity contribution in [2.45, 2.75) is 49.7 Å². The zero-order valence-electron chi connectivity index (χ0n) is 21.2. The van der Waals surface area contributed by atoms with Crippen LogP contribution in [0.4, 0.5) is 10.1 Å². The lowest BCUT2D eigenvalue weighted by molar-refractivity contribution is -0.116. The Morgan fingerprint density at radius 3 is 2.55 bits per heavy atom. The van der Waals surface area contributed by atoms with E-state index in [0.717, 1.165) is 49.4 Å². The molecule has 192 valence electrons. The maximum Gasteiger partial charge on any atom is 0.161 e. The minimum Gasteiger partial charge on any atom is -0.384 e. The van der Waals surface area contributed by atoms with Crippen molar-refractivity contribution >= 4 is 39.2 Å². The fourth-order valence-corrected chi connectivity index (χ4v) is 6.80. The quantitative estimate of drug-likeness (QED) is 0.308. The van der Waals surface area contributed by atoms with Crippen molar-refractivity contribution < 1.29 is 9.18 Å². The third kappa shape index (κ3) is 4.79. The molecule has 0 saturated heterocycles. The molecule has 0 aromatic heterocycles. The summed E-state index contributed by atoms with van der Waals surface area (Å²) in [4.78, 5) is 16.4. The molecule has 1 unspecified atom stereocenters. The largest absolute Gasteiger partial charge is 0.384 e. The van der Waals surface area contributed by atoms with Crippen LogP contribution in [0.2, 0.25) is 0 Å². The summed E-state index contributed by atoms with van der Waals surface area (Å²) in [6, 6.07) is 20.8. The average Bonchev–Trinajstić information content (AvgIpc) is 2.89. The highest BCUT2D eigenvalue weighted by Crippen LogP contribution is 2.48. The van der Waals surface area contributed by atoms with Crippen LogP contribution in [0.1, 0.15) is 47.4 Å². The minimum atomic E-state index is -0.517. The Morgan fingerprint density at radius 2 is 1.84 bits per heavy atom. The number of hydrogen-bond acceptors (Lipinski definition) is 5. The van der Waals surface area contributed by atoms with E-state index in [4.69, 9.17) is 5.73 Å². The lowest BCUT2D eigenvalue weighted by Gasteiger charge is -2.40. The van der Waals surface area contributed by atoms with E-state index in [1.54, 1.807) is 23.9 Å². The van der Waals surface area contributed by atoms with Crippen molar-refractivity contribution in [2.75, 3.05) is 4.90 Å². The molecule has 4 nitrogen and oxygen atoms in total. The van der Waals surface area contributed by atoms with Gasteiger partial charge < -0.3 is 5.73 Å². The lowest BCUT2D eigenvalue weighted by Crippen LogP contribution is -2.39. The monoisotopic (exact) mass is 587 g/mol. The number of thioether (sulfide) groups is 1. The fourth-order valence-electron chi connectivity index (χ4n) is 5.38. The van der Waals surface area contributed by atoms with Crippen molar-refractivity contribution in [1.82, 2.24) is 0 Å². The highest BCUT2D eigenvalue weighted by Gasteiger charge is 2.41. The molecule has 7 heteroatoms. The summed E-state index contributed by atoms with van der Waals surface area (Å²) in [6.45, 7) is 4.09. The molecule has 0 amide bonds. The Kier molecular flexibility index (Phi) is 7.47. The Hall–Kier alpha value is -3.34. The van der Waals surface area contributed by atoms with Crippen molar-refractivity contribution in [3.63, 3.8) is 0 Å². The number of nitrogens with two attached hydrogens (primary N) is 1. The second-order valence-electron chi connectivity index (χ2n) is 9.65. The van der Waals surface area contributed by atoms with E-state index >= 15 is 0 Å². The number of nitrogens with zero attached hydrogens (tertiary/aromatic N) is 2. The number of Topliss-reactive ketones (excluding diaryl/α,β-unsaturated/α-hetero) is 1. The summed E-state index contributed by atoms with van der Waals surface area (Å²) in [6.07, 6.45) is 1.90. The second kappa shape index (κ2) is 10.8. The number of allylic oxidation sites excluding steroid dienone is 3. The van der Waals surface area contributed by atoms with Crippen LogP contribution in [0.3, 0.4) is 0 Å². The number of nitriles is 1. The lowest BCUT2D eigenvalue weighted by atomic mass is 9.74. The Morgan fingerprint density at radius 1 is 1.11 bits per heavy atom. The number of hydrogen-bond donors (Lipinski definition) is 1. The molecule has 38 heavy (non-hydrogen) atoms. The summed E-state index contributed by atoms with van der Waals surface area (Å²) in [5.41, 5.74) is 13.7. The number of para-hydroxylation sites is 1. The third-order valence-corrected chi connectivity index (χ3v) is 8.98. The molecule has 0 fully saturated rings. The van der Waals surface area contributed by atoms with Gasteiger partial charge >= 0.3 is 0 Å². The van der Waals surface area contributed by atoms with Gasteiger partial charge in [0.2, 0.25) is 0 Å². The van der Waals surface area contributed by atoms with E-state index in [0.29, 0.717) is 35.6 Å². The van der Waals surface area contributed by atoms with E-state index in [1.165, 1.54) is 12.1 Å². The van der Waals surface area contributed by atoms with Gasteiger partial charge in [0.25, 0.3) is 0 Å². The summed E-state index contributed by atoms with van der Waals surface area (Å²) in [5.74, 6) is 0.334. The first-order valence-electron chi connectivity index (χ1n) is 12.5. The van der Waals surface area contributed by atoms with Crippen LogP contribution in [0.25, 0.3) is 0 Å². The van der Waals surface area contributed by atoms with Gasteiger partial charge in [-0.1, -0.05) is 24.3 Å². The Balaban J connectivity index is 1.63. The first-order valence-corrected chi connectivity index (χ1v) is 14.3. The van der Waals surface area contributed by atoms with Gasteiger partial charge in [-0.3, -0.25) is 9.69 Å². The van der Waals surface area contributed by atoms with Gasteiger partial charge in [-0.15, -0.1) is 11.8 Å². The van der Waals surface area contributed by atoms with E-state index in [1.807, 2.05) is 36.1 Å². The molecule has 2 aliphatic rings. The van der Waals surface area contributed by atoms with E-state index < -0.39 is 5.92 Å². The number of benzene rings is 3. The average molecular weight is 589 g/mol. The van der Waals surface area contributed by atoms with Gasteiger partial charge in [0.05, 0.1) is 23.2 Å². The van der Waals surface area contributed by atoms with Crippen LogP contribution in [0.15, 0.2) is 92.7 Å². The van der Waals surface area contributed by atoms with Crippen molar-refractivity contribution in [3.05, 3.63) is 116 Å². The zero-order chi connectivity index (χ0) is 27.0. The molecular weight excluding hydrogens is 561 g/mol. The van der Waals surface area contributed by atoms with E-state index in [9.17, 15) is 14.4 Å². The number of carbonyl (C=O) groups excluding carboxylic acids is 1. The van der Waals surface area contributed by atoms with E-state index in [-0.39, 0.29) is 11.6 Å². The molecule has 1 atom stereocenters. The molecule has 1 aliphatic carbocycles. The van der Waals surface area contributed by atoms with Crippen LogP contribution in [-0.2, 0) is 10.5 Å². The zero-order valence-corrected chi connectivity index (χ0v) is 23.6. The third-order valence-electron chi connectivity index (χ3n) is 7.25. The highest BCUT2D eigenvalue weighted by atomic mass is 79.9. The van der Waals surface area contributed by atoms with Gasteiger partial charge in [-0.25, -0.2) is 4.39 Å². The predicted octanol–water partition coefficient (Wildman–Crippen LogP) is 7.80. The van der Waals surface area contributed by atoms with Crippen LogP contribution < -0.4 is 10.6 Å². The minimum absolute atomic E-state index is 0.0655. The van der Waals surface area contributed by atoms with Crippen LogP contribution in [0.5, 0.6) is 0 Å². The topological polar surface area (TPSA) is 70.1 Å². The molecule has 3 aromatic rings. The number of aryl methyl sites for hydroxylation is 2. The number of rotatable bonds is 5. The number of anilines is 1. The number of halogens is 2. The van der Waals surface area contributed by atoms with E-state index in [2.05, 4.69) is 41.1 Å². The van der Waals surface area contributed by atoms with Gasteiger partial charge in [-0.05, 0) is 101 Å². The molecule has 0 radical (unpaired) electrons. The predicted molar refractivity (Wildman–Crippen MR) is 154 cm³/mol. The molecule has 2 N–H and O–H groups in total. The first kappa shape index (κ1) is 26.3. The summed E-state index contributed by atoms with van der Waals surface area (Å²) in [7, 11) is 0. The second-order valence-corrected chi connectivity index (χ2v) is 11.5. The van der Waals surface area contributed by atoms with Gasteiger partial charge in [-0.2, -0.15) is 5.26 Å². The molecule has 0 spiro atoms. The summed E-state index contributed by atoms with van der Waals surface area (Å²) < 4.78 is 14.2. The maximum absolute atomic E-state index is 13.5. The molecule has 0 bridgehead atoms. The summed E-state index contributed by atoms with van der Waals surface area (Å²) >= 11 is 5.26. The molecule has 0 saturated carbocycles. The smallest absolute Gasteiger partial charge is 0.161 e. The van der Waals surface area contributed by atoms with Crippen LogP contribution in [0, 0.1) is 31.0 Å². The molecule has 1 heterocycles. The van der Waals surface area contributed by atoms with Gasteiger partial charge in [0.1, 0.15) is 11.6 Å². The maximum atomic E-state index is 13.5. The number of carbonyl (C=O) groups is 1. The molecule has 1 aliphatic heterocycles. The van der Waals surface area contributed by atoms with Crippen molar-refractivity contribution in [1.29, 1.82) is 5.26 Å². The van der Waals surface area contributed by atoms with Gasteiger partial charge in [0.15, 0.2) is 5.78 Å². The first-order chi connectivity index (χ1) is 18.3. The van der Waals surface area contributed by atoms with Crippen LogP contribution >= 0.6 is 27.7 Å². The standard InChI is InChI=1S/C31H27BrFN3OS/c1-18-14-19(2)23(15-20(18)17-38-22-12-10-21(33)11-13-22)29-24(16-34)31(35)36(26-7-4-3-6-25(26)32)27-8-5-9-28(37)30(27)29/h3-4,6-7,10-15,29H,5,8-9,17,35H2,1-2H3. The fraction of sp³-hybridized carbons (Fsp3) is 0.226. The highest BCUT2D eigenvalue weighted by molar-refractivity contribution is 9.10. The van der Waals surface area contributed by atoms with Crippen LogP contribution in [-0.4, -0.2) is 5.78 Å². The SMILES string of the molecule is Cc1cc(C)c(C2C(C#N)=C(N)N(c3ccccc3Br)C3=C2C(=O)CCC3)cc1CSc1ccc(F)cc1. The number of ketones is 1. The van der Waals surface area contributed by atoms with Crippen molar-refractivity contribution in [2.24, 2.45) is 5.73 Å². The van der Waals surface area contributed by atoms with Crippen molar-refractivity contribution in [3.8, 4) is 6.07 Å².